The van der Waals surface area contributed by atoms with Gasteiger partial charge < -0.3 is 60.0 Å². The van der Waals surface area contributed by atoms with Gasteiger partial charge in [0.25, 0.3) is 5.91 Å². The van der Waals surface area contributed by atoms with E-state index in [-0.39, 0.29) is 81.8 Å². The number of amides is 2. The Morgan fingerprint density at radius 2 is 1.04 bits per heavy atom. The zero-order chi connectivity index (χ0) is 33.8. The Morgan fingerprint density at radius 3 is 1.63 bits per heavy atom. The lowest BCUT2D eigenvalue weighted by Gasteiger charge is -2.10. The first-order chi connectivity index (χ1) is 22.3. The molecule has 0 saturated heterocycles. The van der Waals surface area contributed by atoms with Crippen molar-refractivity contribution in [2.75, 3.05) is 118 Å². The van der Waals surface area contributed by atoms with Crippen LogP contribution in [0.25, 0.3) is 0 Å². The van der Waals surface area contributed by atoms with E-state index in [2.05, 4.69) is 20.6 Å². The maximum Gasteiger partial charge on any atom is 0.407 e. The number of carbonyl (C=O) groups is 4. The number of hydrogen-bond donors (Lipinski definition) is 4. The van der Waals surface area contributed by atoms with Gasteiger partial charge in [-0.3, -0.25) is 14.4 Å². The highest BCUT2D eigenvalue weighted by Gasteiger charge is 2.20. The number of nitrogens with zero attached hydrogens (tertiary/aromatic N) is 2. The van der Waals surface area contributed by atoms with Crippen molar-refractivity contribution < 1.29 is 57.1 Å². The van der Waals surface area contributed by atoms with E-state index >= 15 is 0 Å². The SMILES string of the molecule is COCCOCCOCCOC(=O)CCCNC(=O)c1nc(N)c(C(=O)CCCNC(=O)OCCOCCOCCOC)nc1N. The minimum atomic E-state index is -0.659. The topological polar surface area (TPSA) is 244 Å². The molecule has 0 aromatic carbocycles. The monoisotopic (exact) mass is 660 g/mol. The largest absolute Gasteiger partial charge is 0.463 e. The molecule has 0 saturated carbocycles. The number of Topliss-reactive ketones (excluding diaryl/α,β-unsaturated/α-hetero) is 1. The molecule has 0 aliphatic heterocycles. The quantitative estimate of drug-likeness (QED) is 0.0514. The highest BCUT2D eigenvalue weighted by Crippen LogP contribution is 2.15. The number of ketones is 1. The number of rotatable bonds is 28. The van der Waals surface area contributed by atoms with Crippen LogP contribution < -0.4 is 22.1 Å². The summed E-state index contributed by atoms with van der Waals surface area (Å²) in [5, 5.41) is 5.10. The molecule has 1 rings (SSSR count). The van der Waals surface area contributed by atoms with E-state index < -0.39 is 23.8 Å². The van der Waals surface area contributed by atoms with Gasteiger partial charge in [0, 0.05) is 40.2 Å². The van der Waals surface area contributed by atoms with Gasteiger partial charge in [-0.15, -0.1) is 0 Å². The zero-order valence-corrected chi connectivity index (χ0v) is 26.7. The van der Waals surface area contributed by atoms with Crippen LogP contribution in [0.15, 0.2) is 0 Å². The summed E-state index contributed by atoms with van der Waals surface area (Å²) in [6, 6.07) is 0. The molecule has 0 spiro atoms. The van der Waals surface area contributed by atoms with E-state index in [9.17, 15) is 19.2 Å². The summed E-state index contributed by atoms with van der Waals surface area (Å²) in [7, 11) is 3.17. The zero-order valence-electron chi connectivity index (χ0n) is 26.7. The van der Waals surface area contributed by atoms with Crippen LogP contribution in [0.3, 0.4) is 0 Å². The van der Waals surface area contributed by atoms with Crippen LogP contribution in [0, 0.1) is 0 Å². The van der Waals surface area contributed by atoms with Gasteiger partial charge in [0.2, 0.25) is 0 Å². The number of hydrogen-bond acceptors (Lipinski definition) is 16. The van der Waals surface area contributed by atoms with Gasteiger partial charge >= 0.3 is 12.1 Å². The summed E-state index contributed by atoms with van der Waals surface area (Å²) in [4.78, 5) is 56.6. The second-order valence-electron chi connectivity index (χ2n) is 9.30. The number of nitrogens with one attached hydrogen (secondary N) is 2. The molecular weight excluding hydrogens is 612 g/mol. The van der Waals surface area contributed by atoms with Gasteiger partial charge in [0.15, 0.2) is 28.8 Å². The Hall–Kier alpha value is -3.68. The Kier molecular flexibility index (Phi) is 23.3. The van der Waals surface area contributed by atoms with E-state index in [1.807, 2.05) is 0 Å². The van der Waals surface area contributed by atoms with Crippen molar-refractivity contribution in [3.8, 4) is 0 Å². The first kappa shape index (κ1) is 40.3. The summed E-state index contributed by atoms with van der Waals surface area (Å²) >= 11 is 0. The smallest absolute Gasteiger partial charge is 0.407 e. The lowest BCUT2D eigenvalue weighted by atomic mass is 10.1. The molecule has 18 nitrogen and oxygen atoms in total. The van der Waals surface area contributed by atoms with Crippen LogP contribution in [0.5, 0.6) is 0 Å². The lowest BCUT2D eigenvalue weighted by Crippen LogP contribution is -2.28. The number of alkyl carbamates (subject to hydrolysis) is 1. The van der Waals surface area contributed by atoms with Gasteiger partial charge in [0.05, 0.1) is 66.1 Å². The molecule has 0 bridgehead atoms. The van der Waals surface area contributed by atoms with Gasteiger partial charge in [-0.25, -0.2) is 14.8 Å². The van der Waals surface area contributed by atoms with Crippen LogP contribution in [0.4, 0.5) is 16.4 Å². The van der Waals surface area contributed by atoms with Crippen molar-refractivity contribution >= 4 is 35.4 Å². The number of carbonyl (C=O) groups excluding carboxylic acids is 4. The van der Waals surface area contributed by atoms with Crippen LogP contribution >= 0.6 is 0 Å². The second-order valence-corrected chi connectivity index (χ2v) is 9.30. The van der Waals surface area contributed by atoms with E-state index in [4.69, 9.17) is 49.4 Å². The molecule has 0 aliphatic carbocycles. The maximum atomic E-state index is 12.6. The fourth-order valence-corrected chi connectivity index (χ4v) is 3.37. The van der Waals surface area contributed by atoms with Gasteiger partial charge in [-0.05, 0) is 12.8 Å². The van der Waals surface area contributed by atoms with Crippen molar-refractivity contribution in [2.45, 2.75) is 25.7 Å². The number of nitrogen functional groups attached to an aromatic ring is 2. The fourth-order valence-electron chi connectivity index (χ4n) is 3.37. The average Bonchev–Trinajstić information content (AvgIpc) is 3.04. The first-order valence-corrected chi connectivity index (χ1v) is 14.9. The molecule has 1 aromatic heterocycles. The number of esters is 1. The van der Waals surface area contributed by atoms with Crippen LogP contribution in [-0.4, -0.2) is 140 Å². The van der Waals surface area contributed by atoms with Gasteiger partial charge in [-0.1, -0.05) is 0 Å². The van der Waals surface area contributed by atoms with Crippen molar-refractivity contribution in [3.63, 3.8) is 0 Å². The number of ether oxygens (including phenoxy) is 8. The Labute approximate surface area is 268 Å². The van der Waals surface area contributed by atoms with Crippen molar-refractivity contribution in [1.29, 1.82) is 0 Å². The summed E-state index contributed by atoms with van der Waals surface area (Å²) < 4.78 is 40.8. The van der Waals surface area contributed by atoms with Crippen molar-refractivity contribution in [3.05, 3.63) is 11.4 Å². The van der Waals surface area contributed by atoms with Crippen LogP contribution in [0.1, 0.15) is 46.7 Å². The third-order valence-corrected chi connectivity index (χ3v) is 5.68. The standard InChI is InChI=1S/C28H48N6O12/c1-39-9-11-41-13-15-43-17-19-45-22(36)6-4-7-31-27(37)24-26(30)33-23(25(29)34-24)21(35)5-3-8-32-28(38)46-20-18-44-16-14-42-12-10-40-2/h3-20H2,1-2H3,(H2,29,34)(H2,30,33)(H,31,37)(H,32,38). The number of methoxy groups -OCH3 is 2. The number of anilines is 2. The predicted octanol–water partition coefficient (Wildman–Crippen LogP) is -0.257. The van der Waals surface area contributed by atoms with E-state index in [0.717, 1.165) is 0 Å². The molecule has 262 valence electrons. The Balaban J connectivity index is 2.22. The molecule has 1 aromatic rings. The minimum Gasteiger partial charge on any atom is -0.463 e. The van der Waals surface area contributed by atoms with Gasteiger partial charge in [-0.2, -0.15) is 0 Å². The highest BCUT2D eigenvalue weighted by molar-refractivity contribution is 6.01. The summed E-state index contributed by atoms with van der Waals surface area (Å²) in [6.45, 7) is 4.45. The van der Waals surface area contributed by atoms with E-state index in [0.29, 0.717) is 59.3 Å². The number of aromatic nitrogens is 2. The predicted molar refractivity (Wildman–Crippen MR) is 163 cm³/mol. The normalized spacial score (nSPS) is 10.8. The summed E-state index contributed by atoms with van der Waals surface area (Å²) in [5.41, 5.74) is 11.3. The highest BCUT2D eigenvalue weighted by atomic mass is 16.6. The van der Waals surface area contributed by atoms with Crippen molar-refractivity contribution in [2.24, 2.45) is 0 Å². The molecule has 1 heterocycles. The molecule has 46 heavy (non-hydrogen) atoms. The van der Waals surface area contributed by atoms with Crippen LogP contribution in [0.2, 0.25) is 0 Å². The molecule has 0 radical (unpaired) electrons. The molecule has 0 fully saturated rings. The average molecular weight is 661 g/mol. The minimum absolute atomic E-state index is 0.0121. The molecule has 18 heteroatoms. The summed E-state index contributed by atoms with van der Waals surface area (Å²) in [5.74, 6) is -2.08. The second kappa shape index (κ2) is 26.5. The fraction of sp³-hybridized carbons (Fsp3) is 0.714. The van der Waals surface area contributed by atoms with E-state index in [1.165, 1.54) is 0 Å². The molecule has 0 atom stereocenters. The molecular formula is C28H48N6O12. The molecule has 6 N–H and O–H groups in total. The third-order valence-electron chi connectivity index (χ3n) is 5.68. The third kappa shape index (κ3) is 19.7. The van der Waals surface area contributed by atoms with Crippen molar-refractivity contribution in [1.82, 2.24) is 20.6 Å². The summed E-state index contributed by atoms with van der Waals surface area (Å²) in [6.07, 6.45) is -0.0131. The van der Waals surface area contributed by atoms with E-state index in [1.54, 1.807) is 14.2 Å². The maximum absolute atomic E-state index is 12.6. The molecule has 0 aliphatic rings. The first-order valence-electron chi connectivity index (χ1n) is 14.9. The lowest BCUT2D eigenvalue weighted by molar-refractivity contribution is -0.145. The molecule has 2 amide bonds. The molecule has 0 unspecified atom stereocenters. The van der Waals surface area contributed by atoms with Crippen LogP contribution in [-0.2, 0) is 42.7 Å². The Bertz CT molecular complexity index is 953. The van der Waals surface area contributed by atoms with Gasteiger partial charge in [0.1, 0.15) is 13.2 Å². The Morgan fingerprint density at radius 1 is 0.587 bits per heavy atom. The number of nitrogens with two attached hydrogens (primary N) is 2.